The fourth-order valence-electron chi connectivity index (χ4n) is 1.59. The summed E-state index contributed by atoms with van der Waals surface area (Å²) in [6.45, 7) is 0. The molecule has 2 heteroatoms. The minimum absolute atomic E-state index is 0.319. The molecule has 17 heavy (non-hydrogen) atoms. The molecule has 0 aliphatic carbocycles. The van der Waals surface area contributed by atoms with Gasteiger partial charge in [0.05, 0.1) is 5.56 Å². The number of hydrogen-bond donors (Lipinski definition) is 1. The maximum Gasteiger partial charge on any atom is 0.336 e. The Balaban J connectivity index is 2.30. The van der Waals surface area contributed by atoms with Crippen LogP contribution in [0.2, 0.25) is 0 Å². The third-order valence-electron chi connectivity index (χ3n) is 2.45. The van der Waals surface area contributed by atoms with Gasteiger partial charge in [0.2, 0.25) is 0 Å². The second-order valence-corrected chi connectivity index (χ2v) is 3.64. The van der Waals surface area contributed by atoms with Gasteiger partial charge in [-0.05, 0) is 17.2 Å². The van der Waals surface area contributed by atoms with Crippen LogP contribution in [-0.2, 0) is 0 Å². The van der Waals surface area contributed by atoms with Gasteiger partial charge in [-0.1, -0.05) is 60.7 Å². The molecular weight excluding hydrogens is 214 g/mol. The number of carbonyl (C=O) groups is 1. The zero-order chi connectivity index (χ0) is 12.1. The van der Waals surface area contributed by atoms with Crippen LogP contribution in [0.15, 0.2) is 54.6 Å². The molecule has 0 aliphatic rings. The Kier molecular flexibility index (Phi) is 3.36. The van der Waals surface area contributed by atoms with E-state index in [9.17, 15) is 4.79 Å². The van der Waals surface area contributed by atoms with Gasteiger partial charge >= 0.3 is 5.97 Å². The predicted molar refractivity (Wildman–Crippen MR) is 68.8 cm³/mol. The molecule has 0 fully saturated rings. The van der Waals surface area contributed by atoms with Crippen molar-refractivity contribution in [3.63, 3.8) is 0 Å². The highest BCUT2D eigenvalue weighted by Crippen LogP contribution is 2.13. The third kappa shape index (κ3) is 2.82. The number of carboxylic acid groups (broad SMARTS) is 1. The topological polar surface area (TPSA) is 37.3 Å². The van der Waals surface area contributed by atoms with E-state index in [1.807, 2.05) is 48.6 Å². The summed E-state index contributed by atoms with van der Waals surface area (Å²) < 4.78 is 0. The number of hydrogen-bond acceptors (Lipinski definition) is 1. The standard InChI is InChI=1S/C15H12O2/c16-15(17)14-9-5-4-8-13(14)11-10-12-6-2-1-3-7-12/h1-11H,(H,16,17)/b11-10+/i15+2. The number of aromatic carboxylic acids is 1. The van der Waals surface area contributed by atoms with E-state index in [1.165, 1.54) is 0 Å². The van der Waals surface area contributed by atoms with E-state index >= 15 is 0 Å². The molecule has 2 aromatic rings. The van der Waals surface area contributed by atoms with Gasteiger partial charge < -0.3 is 5.11 Å². The van der Waals surface area contributed by atoms with Gasteiger partial charge in [-0.25, -0.2) is 4.79 Å². The molecule has 0 radical (unpaired) electrons. The van der Waals surface area contributed by atoms with Crippen LogP contribution in [0.25, 0.3) is 12.2 Å². The molecule has 0 heterocycles. The number of carboxylic acids is 1. The van der Waals surface area contributed by atoms with Gasteiger partial charge in [-0.3, -0.25) is 0 Å². The third-order valence-corrected chi connectivity index (χ3v) is 2.45. The molecule has 0 atom stereocenters. The van der Waals surface area contributed by atoms with Crippen molar-refractivity contribution < 1.29 is 9.90 Å². The highest BCUT2D eigenvalue weighted by molar-refractivity contribution is 5.93. The Hall–Kier alpha value is -2.35. The van der Waals surface area contributed by atoms with E-state index in [1.54, 1.807) is 18.2 Å². The maximum atomic E-state index is 11.0. The van der Waals surface area contributed by atoms with Crippen molar-refractivity contribution >= 4 is 18.1 Å². The molecule has 0 saturated carbocycles. The molecule has 0 amide bonds. The van der Waals surface area contributed by atoms with E-state index in [0.717, 1.165) is 5.56 Å². The Morgan fingerprint density at radius 3 is 2.24 bits per heavy atom. The number of benzene rings is 2. The van der Waals surface area contributed by atoms with Crippen LogP contribution in [0.5, 0.6) is 0 Å². The summed E-state index contributed by atoms with van der Waals surface area (Å²) in [5.74, 6) is -0.904. The quantitative estimate of drug-likeness (QED) is 0.812. The van der Waals surface area contributed by atoms with Gasteiger partial charge in [0.1, 0.15) is 0 Å². The maximum absolute atomic E-state index is 11.0. The molecule has 0 spiro atoms. The van der Waals surface area contributed by atoms with Gasteiger partial charge in [-0.15, -0.1) is 0 Å². The molecule has 84 valence electrons. The molecule has 0 saturated heterocycles. The van der Waals surface area contributed by atoms with Gasteiger partial charge in [0, 0.05) is 0 Å². The molecule has 0 unspecified atom stereocenters. The van der Waals surface area contributed by atoms with Crippen LogP contribution in [0.1, 0.15) is 21.5 Å². The van der Waals surface area contributed by atoms with Crippen LogP contribution in [0, 0.1) is 0 Å². The molecule has 0 aliphatic heterocycles. The van der Waals surface area contributed by atoms with Crippen molar-refractivity contribution in [2.24, 2.45) is 0 Å². The van der Waals surface area contributed by atoms with Gasteiger partial charge in [0.15, 0.2) is 0 Å². The first-order chi connectivity index (χ1) is 8.27. The summed E-state index contributed by atoms with van der Waals surface area (Å²) in [6.07, 6.45) is 3.72. The van der Waals surface area contributed by atoms with Crippen LogP contribution in [0.3, 0.4) is 0 Å². The molecular formula is C15H12O2. The first kappa shape index (κ1) is 11.1. The zero-order valence-electron chi connectivity index (χ0n) is 9.21. The molecule has 2 aromatic carbocycles. The van der Waals surface area contributed by atoms with Crippen molar-refractivity contribution in [3.8, 4) is 0 Å². The summed E-state index contributed by atoms with van der Waals surface area (Å²) >= 11 is 0. The SMILES string of the molecule is O=[14C](O)c1ccccc1/C=C/c1ccccc1. The van der Waals surface area contributed by atoms with E-state index in [4.69, 9.17) is 5.11 Å². The highest BCUT2D eigenvalue weighted by atomic mass is 16.6. The van der Waals surface area contributed by atoms with Crippen molar-refractivity contribution in [1.29, 1.82) is 0 Å². The summed E-state index contributed by atoms with van der Waals surface area (Å²) in [6, 6.07) is 16.7. The van der Waals surface area contributed by atoms with E-state index < -0.39 is 5.97 Å². The Morgan fingerprint density at radius 2 is 1.53 bits per heavy atom. The first-order valence-corrected chi connectivity index (χ1v) is 5.33. The normalized spacial score (nSPS) is 10.6. The molecule has 2 rings (SSSR count). The van der Waals surface area contributed by atoms with Crippen molar-refractivity contribution in [2.45, 2.75) is 0 Å². The smallest absolute Gasteiger partial charge is 0.336 e. The average molecular weight is 226 g/mol. The zero-order valence-corrected chi connectivity index (χ0v) is 9.21. The van der Waals surface area contributed by atoms with Crippen LogP contribution in [0.4, 0.5) is 0 Å². The summed E-state index contributed by atoms with van der Waals surface area (Å²) in [7, 11) is 0. The van der Waals surface area contributed by atoms with E-state index in [2.05, 4.69) is 0 Å². The lowest BCUT2D eigenvalue weighted by atomic mass is 10.1. The van der Waals surface area contributed by atoms with Crippen LogP contribution < -0.4 is 0 Å². The van der Waals surface area contributed by atoms with Gasteiger partial charge in [0.25, 0.3) is 0 Å². The van der Waals surface area contributed by atoms with Gasteiger partial charge in [-0.2, -0.15) is 0 Å². The first-order valence-electron chi connectivity index (χ1n) is 5.33. The lowest BCUT2D eigenvalue weighted by Gasteiger charge is -1.99. The second-order valence-electron chi connectivity index (χ2n) is 3.64. The second kappa shape index (κ2) is 5.12. The monoisotopic (exact) mass is 226 g/mol. The molecule has 1 N–H and O–H groups in total. The highest BCUT2D eigenvalue weighted by Gasteiger charge is 2.05. The Morgan fingerprint density at radius 1 is 0.882 bits per heavy atom. The molecule has 0 aromatic heterocycles. The summed E-state index contributed by atoms with van der Waals surface area (Å²) in [5, 5.41) is 9.03. The average Bonchev–Trinajstić information content (AvgIpc) is 2.38. The lowest BCUT2D eigenvalue weighted by molar-refractivity contribution is 0.0696. The Bertz CT molecular complexity index is 542. The van der Waals surface area contributed by atoms with Crippen LogP contribution in [-0.4, -0.2) is 11.1 Å². The number of rotatable bonds is 3. The van der Waals surface area contributed by atoms with Crippen molar-refractivity contribution in [3.05, 3.63) is 71.3 Å². The van der Waals surface area contributed by atoms with Crippen molar-refractivity contribution in [2.75, 3.05) is 0 Å². The summed E-state index contributed by atoms with van der Waals surface area (Å²) in [4.78, 5) is 11.0. The largest absolute Gasteiger partial charge is 0.478 e. The Labute approximate surface area is 99.8 Å². The van der Waals surface area contributed by atoms with E-state index in [-0.39, 0.29) is 0 Å². The van der Waals surface area contributed by atoms with E-state index in [0.29, 0.717) is 11.1 Å². The summed E-state index contributed by atoms with van der Waals surface area (Å²) in [5.41, 5.74) is 2.08. The van der Waals surface area contributed by atoms with Crippen LogP contribution >= 0.6 is 0 Å². The fraction of sp³-hybridized carbons (Fsp3) is 0. The van der Waals surface area contributed by atoms with Crippen molar-refractivity contribution in [1.82, 2.24) is 0 Å². The molecule has 2 nitrogen and oxygen atoms in total. The minimum atomic E-state index is -0.904. The molecule has 0 bridgehead atoms. The predicted octanol–water partition coefficient (Wildman–Crippen LogP) is 3.56. The minimum Gasteiger partial charge on any atom is -0.478 e. The lowest BCUT2D eigenvalue weighted by Crippen LogP contribution is -1.98. The fourth-order valence-corrected chi connectivity index (χ4v) is 1.59.